The molecule has 0 aliphatic rings. The van der Waals surface area contributed by atoms with Crippen molar-refractivity contribution >= 4 is 11.7 Å². The van der Waals surface area contributed by atoms with Crippen LogP contribution in [0.15, 0.2) is 0 Å². The molecule has 0 bridgehead atoms. The normalized spacial score (nSPS) is 12.8. The van der Waals surface area contributed by atoms with Crippen molar-refractivity contribution in [2.45, 2.75) is 40.2 Å². The first-order valence-corrected chi connectivity index (χ1v) is 6.55. The molecule has 0 fully saturated rings. The van der Waals surface area contributed by atoms with Crippen LogP contribution < -0.4 is 5.32 Å². The second-order valence-corrected chi connectivity index (χ2v) is 4.85. The van der Waals surface area contributed by atoms with Gasteiger partial charge in [-0.25, -0.2) is 0 Å². The number of nitrogens with zero attached hydrogens (tertiary/aromatic N) is 1. The zero-order valence-electron chi connectivity index (χ0n) is 11.9. The van der Waals surface area contributed by atoms with Gasteiger partial charge in [0.2, 0.25) is 5.91 Å². The molecule has 5 heteroatoms. The summed E-state index contributed by atoms with van der Waals surface area (Å²) in [5.41, 5.74) is 0. The Labute approximate surface area is 110 Å². The molecular weight excluding hydrogens is 232 g/mol. The van der Waals surface area contributed by atoms with Gasteiger partial charge in [-0.2, -0.15) is 0 Å². The lowest BCUT2D eigenvalue weighted by Gasteiger charge is -2.23. The van der Waals surface area contributed by atoms with Crippen molar-refractivity contribution in [3.05, 3.63) is 0 Å². The minimum atomic E-state index is -0.408. The van der Waals surface area contributed by atoms with Crippen LogP contribution in [0.25, 0.3) is 0 Å². The molecule has 0 spiro atoms. The van der Waals surface area contributed by atoms with E-state index < -0.39 is 6.04 Å². The van der Waals surface area contributed by atoms with Gasteiger partial charge in [0.15, 0.2) is 5.78 Å². The van der Waals surface area contributed by atoms with E-state index >= 15 is 0 Å². The number of aliphatic hydroxyl groups excluding tert-OH is 1. The quantitative estimate of drug-likeness (QED) is 0.629. The summed E-state index contributed by atoms with van der Waals surface area (Å²) in [6.07, 6.45) is 0.654. The highest BCUT2D eigenvalue weighted by Crippen LogP contribution is 2.03. The number of ketones is 1. The van der Waals surface area contributed by atoms with Gasteiger partial charge in [-0.3, -0.25) is 14.5 Å². The Morgan fingerprint density at radius 2 is 1.94 bits per heavy atom. The Kier molecular flexibility index (Phi) is 8.58. The fourth-order valence-corrected chi connectivity index (χ4v) is 1.80. The van der Waals surface area contributed by atoms with Crippen LogP contribution >= 0.6 is 0 Å². The standard InChI is InChI=1S/C13H26N2O3/c1-5-15(7-6-8-16)9-12(18)14-13(10(2)3)11(4)17/h10,13,16H,5-9H2,1-4H3,(H,14,18). The van der Waals surface area contributed by atoms with Gasteiger partial charge in [-0.15, -0.1) is 0 Å². The highest BCUT2D eigenvalue weighted by Gasteiger charge is 2.21. The molecule has 0 saturated heterocycles. The molecule has 1 amide bonds. The molecule has 0 aromatic rings. The largest absolute Gasteiger partial charge is 0.396 e. The summed E-state index contributed by atoms with van der Waals surface area (Å²) < 4.78 is 0. The van der Waals surface area contributed by atoms with E-state index in [2.05, 4.69) is 5.32 Å². The Balaban J connectivity index is 4.25. The number of hydrogen-bond donors (Lipinski definition) is 2. The van der Waals surface area contributed by atoms with Crippen molar-refractivity contribution in [3.63, 3.8) is 0 Å². The van der Waals surface area contributed by atoms with Gasteiger partial charge in [0.25, 0.3) is 0 Å². The van der Waals surface area contributed by atoms with Crippen LogP contribution in [0.2, 0.25) is 0 Å². The zero-order valence-corrected chi connectivity index (χ0v) is 11.9. The number of nitrogens with one attached hydrogen (secondary N) is 1. The topological polar surface area (TPSA) is 69.6 Å². The molecule has 0 aliphatic heterocycles. The molecule has 0 saturated carbocycles. The monoisotopic (exact) mass is 258 g/mol. The molecule has 1 atom stereocenters. The van der Waals surface area contributed by atoms with E-state index in [9.17, 15) is 9.59 Å². The Morgan fingerprint density at radius 3 is 2.33 bits per heavy atom. The average molecular weight is 258 g/mol. The van der Waals surface area contributed by atoms with Crippen molar-refractivity contribution < 1.29 is 14.7 Å². The molecule has 2 N–H and O–H groups in total. The Morgan fingerprint density at radius 1 is 1.33 bits per heavy atom. The van der Waals surface area contributed by atoms with Crippen molar-refractivity contribution in [1.29, 1.82) is 0 Å². The summed E-state index contributed by atoms with van der Waals surface area (Å²) in [5.74, 6) is -0.0561. The average Bonchev–Trinajstić information content (AvgIpc) is 2.30. The van der Waals surface area contributed by atoms with Crippen molar-refractivity contribution in [3.8, 4) is 0 Å². The van der Waals surface area contributed by atoms with Gasteiger partial charge < -0.3 is 10.4 Å². The minimum Gasteiger partial charge on any atom is -0.396 e. The number of rotatable bonds is 9. The number of hydrogen-bond acceptors (Lipinski definition) is 4. The van der Waals surface area contributed by atoms with E-state index in [1.807, 2.05) is 25.7 Å². The highest BCUT2D eigenvalue weighted by molar-refractivity contribution is 5.88. The molecule has 5 nitrogen and oxygen atoms in total. The van der Waals surface area contributed by atoms with Gasteiger partial charge in [-0.1, -0.05) is 20.8 Å². The smallest absolute Gasteiger partial charge is 0.234 e. The Hall–Kier alpha value is -0.940. The van der Waals surface area contributed by atoms with Crippen LogP contribution in [-0.2, 0) is 9.59 Å². The summed E-state index contributed by atoms with van der Waals surface area (Å²) in [5, 5.41) is 11.5. The van der Waals surface area contributed by atoms with Crippen LogP contribution in [0.4, 0.5) is 0 Å². The third-order valence-electron chi connectivity index (χ3n) is 2.87. The fourth-order valence-electron chi connectivity index (χ4n) is 1.80. The highest BCUT2D eigenvalue weighted by atomic mass is 16.3. The predicted octanol–water partition coefficient (Wildman–Crippen LogP) is 0.420. The summed E-state index contributed by atoms with van der Waals surface area (Å²) in [6.45, 7) is 9.12. The zero-order chi connectivity index (χ0) is 14.1. The first-order chi connectivity index (χ1) is 8.42. The lowest BCUT2D eigenvalue weighted by molar-refractivity contribution is -0.128. The van der Waals surface area contributed by atoms with Gasteiger partial charge in [0.05, 0.1) is 12.6 Å². The van der Waals surface area contributed by atoms with Crippen LogP contribution in [0, 0.1) is 5.92 Å². The minimum absolute atomic E-state index is 0.0169. The third-order valence-corrected chi connectivity index (χ3v) is 2.87. The van der Waals surface area contributed by atoms with Gasteiger partial charge >= 0.3 is 0 Å². The van der Waals surface area contributed by atoms with Gasteiger partial charge in [0, 0.05) is 13.2 Å². The molecule has 0 heterocycles. The second kappa shape index (κ2) is 9.05. The molecule has 0 aromatic carbocycles. The molecule has 106 valence electrons. The van der Waals surface area contributed by atoms with E-state index in [4.69, 9.17) is 5.11 Å². The summed E-state index contributed by atoms with van der Waals surface area (Å²) in [6, 6.07) is -0.408. The first-order valence-electron chi connectivity index (χ1n) is 6.55. The van der Waals surface area contributed by atoms with E-state index in [1.165, 1.54) is 6.92 Å². The maximum absolute atomic E-state index is 11.8. The lowest BCUT2D eigenvalue weighted by Crippen LogP contribution is -2.47. The molecule has 1 unspecified atom stereocenters. The maximum Gasteiger partial charge on any atom is 0.234 e. The number of Topliss-reactive ketones (excluding diaryl/α,β-unsaturated/α-hetero) is 1. The van der Waals surface area contributed by atoms with Crippen LogP contribution in [0.3, 0.4) is 0 Å². The fraction of sp³-hybridized carbons (Fsp3) is 0.846. The van der Waals surface area contributed by atoms with Crippen molar-refractivity contribution in [1.82, 2.24) is 10.2 Å². The predicted molar refractivity (Wildman–Crippen MR) is 71.3 cm³/mol. The van der Waals surface area contributed by atoms with Crippen molar-refractivity contribution in [2.24, 2.45) is 5.92 Å². The van der Waals surface area contributed by atoms with E-state index in [0.29, 0.717) is 13.0 Å². The van der Waals surface area contributed by atoms with Gasteiger partial charge in [-0.05, 0) is 25.8 Å². The van der Waals surface area contributed by atoms with Crippen LogP contribution in [0.5, 0.6) is 0 Å². The summed E-state index contributed by atoms with van der Waals surface area (Å²) in [7, 11) is 0. The first kappa shape index (κ1) is 17.1. The van der Waals surface area contributed by atoms with Gasteiger partial charge in [0.1, 0.15) is 0 Å². The molecule has 0 radical (unpaired) electrons. The van der Waals surface area contributed by atoms with E-state index in [0.717, 1.165) is 6.54 Å². The number of likely N-dealkylation sites (N-methyl/N-ethyl adjacent to an activating group) is 1. The maximum atomic E-state index is 11.8. The second-order valence-electron chi connectivity index (χ2n) is 4.85. The molecular formula is C13H26N2O3. The van der Waals surface area contributed by atoms with Crippen LogP contribution in [0.1, 0.15) is 34.1 Å². The Bertz CT molecular complexity index is 267. The number of carbonyl (C=O) groups is 2. The SMILES string of the molecule is CCN(CCCO)CC(=O)NC(C(C)=O)C(C)C. The molecule has 0 aromatic heterocycles. The molecule has 0 rings (SSSR count). The van der Waals surface area contributed by atoms with E-state index in [-0.39, 0.29) is 30.8 Å². The molecule has 18 heavy (non-hydrogen) atoms. The number of aliphatic hydroxyl groups is 1. The lowest BCUT2D eigenvalue weighted by atomic mass is 10.0. The number of amides is 1. The van der Waals surface area contributed by atoms with Crippen LogP contribution in [-0.4, -0.2) is 54.0 Å². The summed E-state index contributed by atoms with van der Waals surface area (Å²) in [4.78, 5) is 25.2. The number of carbonyl (C=O) groups excluding carboxylic acids is 2. The van der Waals surface area contributed by atoms with E-state index in [1.54, 1.807) is 0 Å². The van der Waals surface area contributed by atoms with Crippen molar-refractivity contribution in [2.75, 3.05) is 26.2 Å². The third kappa shape index (κ3) is 6.71. The summed E-state index contributed by atoms with van der Waals surface area (Å²) >= 11 is 0. The molecule has 0 aliphatic carbocycles.